The third-order valence-electron chi connectivity index (χ3n) is 3.71. The summed E-state index contributed by atoms with van der Waals surface area (Å²) in [5.41, 5.74) is 1.28. The highest BCUT2D eigenvalue weighted by atomic mass is 19.1. The van der Waals surface area contributed by atoms with Gasteiger partial charge in [-0.05, 0) is 43.4 Å². The van der Waals surface area contributed by atoms with Crippen LogP contribution in [0.5, 0.6) is 0 Å². The van der Waals surface area contributed by atoms with Crippen LogP contribution in [0.15, 0.2) is 18.2 Å². The van der Waals surface area contributed by atoms with E-state index in [1.165, 1.54) is 6.07 Å². The van der Waals surface area contributed by atoms with Gasteiger partial charge in [0.25, 0.3) is 0 Å². The van der Waals surface area contributed by atoms with E-state index in [1.54, 1.807) is 13.0 Å². The van der Waals surface area contributed by atoms with Gasteiger partial charge in [-0.3, -0.25) is 0 Å². The number of aliphatic hydroxyl groups excluding tert-OH is 1. The molecule has 1 unspecified atom stereocenters. The van der Waals surface area contributed by atoms with Crippen LogP contribution in [0, 0.1) is 11.7 Å². The summed E-state index contributed by atoms with van der Waals surface area (Å²) in [6, 6.07) is 5.43. The topological polar surface area (TPSA) is 23.5 Å². The first-order valence-electron chi connectivity index (χ1n) is 7.64. The van der Waals surface area contributed by atoms with Gasteiger partial charge in [0.1, 0.15) is 5.82 Å². The number of hydrogen-bond acceptors (Lipinski definition) is 2. The summed E-state index contributed by atoms with van der Waals surface area (Å²) in [5.74, 6) is 0.238. The maximum atomic E-state index is 14.4. The summed E-state index contributed by atoms with van der Waals surface area (Å²) < 4.78 is 14.4. The molecule has 0 saturated carbocycles. The van der Waals surface area contributed by atoms with Crippen molar-refractivity contribution in [3.8, 4) is 0 Å². The standard InChI is InChI=1S/C17H28FNO/c1-6-15(7-2)19(11-12(3)4)17-9-8-14(13(5)20)10-16(17)18/h8-10,12-13,15,20H,6-7,11H2,1-5H3. The summed E-state index contributed by atoms with van der Waals surface area (Å²) in [6.45, 7) is 11.1. The summed E-state index contributed by atoms with van der Waals surface area (Å²) in [4.78, 5) is 2.17. The Kier molecular flexibility index (Phi) is 6.47. The molecule has 20 heavy (non-hydrogen) atoms. The molecule has 2 nitrogen and oxygen atoms in total. The second kappa shape index (κ2) is 7.63. The Bertz CT molecular complexity index is 413. The van der Waals surface area contributed by atoms with E-state index in [1.807, 2.05) is 6.07 Å². The molecule has 3 heteroatoms. The minimum absolute atomic E-state index is 0.240. The number of benzene rings is 1. The quantitative estimate of drug-likeness (QED) is 0.793. The monoisotopic (exact) mass is 281 g/mol. The predicted octanol–water partition coefficient (Wildman–Crippen LogP) is 4.53. The molecule has 0 aliphatic rings. The van der Waals surface area contributed by atoms with Crippen molar-refractivity contribution in [1.82, 2.24) is 0 Å². The molecule has 0 aliphatic carbocycles. The van der Waals surface area contributed by atoms with Crippen LogP contribution >= 0.6 is 0 Å². The van der Waals surface area contributed by atoms with Gasteiger partial charge in [-0.25, -0.2) is 4.39 Å². The van der Waals surface area contributed by atoms with E-state index in [9.17, 15) is 9.50 Å². The van der Waals surface area contributed by atoms with Gasteiger partial charge >= 0.3 is 0 Å². The lowest BCUT2D eigenvalue weighted by Crippen LogP contribution is -2.38. The number of anilines is 1. The number of rotatable bonds is 7. The Morgan fingerprint density at radius 3 is 2.15 bits per heavy atom. The van der Waals surface area contributed by atoms with E-state index in [2.05, 4.69) is 32.6 Å². The lowest BCUT2D eigenvalue weighted by Gasteiger charge is -2.34. The molecule has 0 spiro atoms. The molecule has 1 atom stereocenters. The lowest BCUT2D eigenvalue weighted by atomic mass is 10.0. The first kappa shape index (κ1) is 17.0. The van der Waals surface area contributed by atoms with E-state index < -0.39 is 6.10 Å². The van der Waals surface area contributed by atoms with Crippen LogP contribution in [-0.4, -0.2) is 17.7 Å². The minimum atomic E-state index is -0.634. The zero-order valence-electron chi connectivity index (χ0n) is 13.4. The van der Waals surface area contributed by atoms with Crippen LogP contribution in [0.1, 0.15) is 59.1 Å². The number of hydrogen-bond donors (Lipinski definition) is 1. The first-order chi connectivity index (χ1) is 9.40. The molecule has 0 amide bonds. The fraction of sp³-hybridized carbons (Fsp3) is 0.647. The number of halogens is 1. The molecule has 0 bridgehead atoms. The Morgan fingerprint density at radius 2 is 1.75 bits per heavy atom. The van der Waals surface area contributed by atoms with Crippen molar-refractivity contribution in [3.05, 3.63) is 29.6 Å². The normalized spacial score (nSPS) is 13.1. The van der Waals surface area contributed by atoms with Gasteiger partial charge in [0.05, 0.1) is 11.8 Å². The smallest absolute Gasteiger partial charge is 0.146 e. The van der Waals surface area contributed by atoms with E-state index >= 15 is 0 Å². The molecule has 114 valence electrons. The molecular weight excluding hydrogens is 253 g/mol. The lowest BCUT2D eigenvalue weighted by molar-refractivity contribution is 0.199. The van der Waals surface area contributed by atoms with Gasteiger partial charge < -0.3 is 10.0 Å². The first-order valence-corrected chi connectivity index (χ1v) is 7.64. The van der Waals surface area contributed by atoms with E-state index in [-0.39, 0.29) is 5.82 Å². The fourth-order valence-corrected chi connectivity index (χ4v) is 2.58. The summed E-state index contributed by atoms with van der Waals surface area (Å²) in [6.07, 6.45) is 1.37. The van der Waals surface area contributed by atoms with Crippen molar-refractivity contribution in [2.45, 2.75) is 59.6 Å². The van der Waals surface area contributed by atoms with Crippen LogP contribution in [0.25, 0.3) is 0 Å². The second-order valence-corrected chi connectivity index (χ2v) is 5.90. The van der Waals surface area contributed by atoms with Crippen LogP contribution < -0.4 is 4.90 Å². The summed E-state index contributed by atoms with van der Waals surface area (Å²) >= 11 is 0. The number of aliphatic hydroxyl groups is 1. The Hall–Kier alpha value is -1.09. The van der Waals surface area contributed by atoms with Crippen molar-refractivity contribution in [3.63, 3.8) is 0 Å². The molecule has 0 fully saturated rings. The van der Waals surface area contributed by atoms with Gasteiger partial charge in [0.15, 0.2) is 0 Å². The average Bonchev–Trinajstić information content (AvgIpc) is 2.38. The third kappa shape index (κ3) is 4.20. The molecule has 1 rings (SSSR count). The van der Waals surface area contributed by atoms with Gasteiger partial charge in [0.2, 0.25) is 0 Å². The van der Waals surface area contributed by atoms with Gasteiger partial charge in [-0.15, -0.1) is 0 Å². The van der Waals surface area contributed by atoms with Crippen LogP contribution in [0.2, 0.25) is 0 Å². The highest BCUT2D eigenvalue weighted by molar-refractivity contribution is 5.50. The SMILES string of the molecule is CCC(CC)N(CC(C)C)c1ccc(C(C)O)cc1F. The molecular formula is C17H28FNO. The maximum absolute atomic E-state index is 14.4. The molecule has 0 radical (unpaired) electrons. The van der Waals surface area contributed by atoms with Crippen LogP contribution in [0.3, 0.4) is 0 Å². The van der Waals surface area contributed by atoms with Crippen molar-refractivity contribution >= 4 is 5.69 Å². The fourth-order valence-electron chi connectivity index (χ4n) is 2.58. The van der Waals surface area contributed by atoms with Gasteiger partial charge in [-0.2, -0.15) is 0 Å². The van der Waals surface area contributed by atoms with E-state index in [0.29, 0.717) is 23.2 Å². The maximum Gasteiger partial charge on any atom is 0.146 e. The van der Waals surface area contributed by atoms with Crippen molar-refractivity contribution in [1.29, 1.82) is 0 Å². The largest absolute Gasteiger partial charge is 0.389 e. The zero-order valence-corrected chi connectivity index (χ0v) is 13.4. The summed E-state index contributed by atoms with van der Waals surface area (Å²) in [7, 11) is 0. The highest BCUT2D eigenvalue weighted by Crippen LogP contribution is 2.27. The Labute approximate surface area is 122 Å². The van der Waals surface area contributed by atoms with Crippen molar-refractivity contribution in [2.24, 2.45) is 5.92 Å². The van der Waals surface area contributed by atoms with E-state index in [0.717, 1.165) is 19.4 Å². The molecule has 1 N–H and O–H groups in total. The Morgan fingerprint density at radius 1 is 1.15 bits per heavy atom. The molecule has 0 saturated heterocycles. The van der Waals surface area contributed by atoms with E-state index in [4.69, 9.17) is 0 Å². The van der Waals surface area contributed by atoms with Crippen LogP contribution in [0.4, 0.5) is 10.1 Å². The van der Waals surface area contributed by atoms with Gasteiger partial charge in [0, 0.05) is 12.6 Å². The zero-order chi connectivity index (χ0) is 15.3. The minimum Gasteiger partial charge on any atom is -0.389 e. The summed E-state index contributed by atoms with van der Waals surface area (Å²) in [5, 5.41) is 9.54. The highest BCUT2D eigenvalue weighted by Gasteiger charge is 2.20. The van der Waals surface area contributed by atoms with Crippen molar-refractivity contribution < 1.29 is 9.50 Å². The number of nitrogens with zero attached hydrogens (tertiary/aromatic N) is 1. The molecule has 0 aliphatic heterocycles. The molecule has 0 heterocycles. The Balaban J connectivity index is 3.13. The predicted molar refractivity (Wildman–Crippen MR) is 83.6 cm³/mol. The molecule has 1 aromatic carbocycles. The third-order valence-corrected chi connectivity index (χ3v) is 3.71. The van der Waals surface area contributed by atoms with Crippen molar-refractivity contribution in [2.75, 3.05) is 11.4 Å². The second-order valence-electron chi connectivity index (χ2n) is 5.90. The van der Waals surface area contributed by atoms with Gasteiger partial charge in [-0.1, -0.05) is 33.8 Å². The molecule has 1 aromatic rings. The average molecular weight is 281 g/mol. The van der Waals surface area contributed by atoms with Crippen LogP contribution in [-0.2, 0) is 0 Å². The molecule has 0 aromatic heterocycles.